The Kier molecular flexibility index (Phi) is 10.7. The highest BCUT2D eigenvalue weighted by Gasteiger charge is 2.10. The Morgan fingerprint density at radius 1 is 0.952 bits per heavy atom. The summed E-state index contributed by atoms with van der Waals surface area (Å²) in [4.78, 5) is 4.43. The molecule has 6 heteroatoms. The summed E-state index contributed by atoms with van der Waals surface area (Å²) in [6.07, 6.45) is 15.1. The Morgan fingerprint density at radius 3 is 2.10 bits per heavy atom. The van der Waals surface area contributed by atoms with Crippen molar-refractivity contribution in [1.29, 1.82) is 0 Å². The fourth-order valence-electron chi connectivity index (χ4n) is 2.29. The third kappa shape index (κ3) is 9.99. The van der Waals surface area contributed by atoms with Gasteiger partial charge in [-0.3, -0.25) is 15.8 Å². The molecule has 0 aliphatic carbocycles. The average molecular weight is 335 g/mol. The fraction of sp³-hybridized carbons (Fsp3) is 0.800. The van der Waals surface area contributed by atoms with Crippen molar-refractivity contribution >= 4 is 29.2 Å². The SMILES string of the molecule is CCCCCCCCCCCCN=C1C=C(Cl)NN(Cl)N1. The Balaban J connectivity index is 1.94. The number of hydrogen-bond acceptors (Lipinski definition) is 3. The lowest BCUT2D eigenvalue weighted by molar-refractivity contribution is 0.337. The minimum atomic E-state index is 0.463. The van der Waals surface area contributed by atoms with Gasteiger partial charge in [-0.05, 0) is 11.1 Å². The normalized spacial score (nSPS) is 17.5. The van der Waals surface area contributed by atoms with Crippen molar-refractivity contribution in [2.24, 2.45) is 4.99 Å². The van der Waals surface area contributed by atoms with Gasteiger partial charge in [0.25, 0.3) is 0 Å². The molecule has 0 aromatic rings. The number of nitrogens with one attached hydrogen (secondary N) is 2. The fourth-order valence-corrected chi connectivity index (χ4v) is 2.70. The van der Waals surface area contributed by atoms with Crippen LogP contribution in [0.15, 0.2) is 16.2 Å². The first-order valence-corrected chi connectivity index (χ1v) is 8.85. The number of hydrogen-bond donors (Lipinski definition) is 2. The Labute approximate surface area is 139 Å². The number of rotatable bonds is 11. The van der Waals surface area contributed by atoms with Crippen LogP contribution in [0.4, 0.5) is 0 Å². The van der Waals surface area contributed by atoms with Crippen molar-refractivity contribution in [2.75, 3.05) is 6.54 Å². The van der Waals surface area contributed by atoms with E-state index in [4.69, 9.17) is 23.4 Å². The molecule has 4 nitrogen and oxygen atoms in total. The van der Waals surface area contributed by atoms with Crippen molar-refractivity contribution < 1.29 is 0 Å². The molecule has 21 heavy (non-hydrogen) atoms. The predicted octanol–water partition coefficient (Wildman–Crippen LogP) is 4.86. The van der Waals surface area contributed by atoms with E-state index in [0.29, 0.717) is 11.0 Å². The van der Waals surface area contributed by atoms with Crippen LogP contribution >= 0.6 is 23.4 Å². The van der Waals surface area contributed by atoms with Crippen LogP contribution in [0, 0.1) is 0 Å². The van der Waals surface area contributed by atoms with E-state index in [2.05, 4.69) is 22.8 Å². The van der Waals surface area contributed by atoms with Crippen molar-refractivity contribution in [3.8, 4) is 0 Å². The summed E-state index contributed by atoms with van der Waals surface area (Å²) in [5.74, 6) is 0.699. The summed E-state index contributed by atoms with van der Waals surface area (Å²) in [5.41, 5.74) is 5.54. The molecule has 0 radical (unpaired) electrons. The quantitative estimate of drug-likeness (QED) is 0.322. The van der Waals surface area contributed by atoms with E-state index >= 15 is 0 Å². The van der Waals surface area contributed by atoms with Gasteiger partial charge >= 0.3 is 0 Å². The van der Waals surface area contributed by atoms with Gasteiger partial charge in [-0.2, -0.15) is 0 Å². The molecule has 122 valence electrons. The van der Waals surface area contributed by atoms with Crippen LogP contribution in [-0.2, 0) is 0 Å². The largest absolute Gasteiger partial charge is 0.276 e. The van der Waals surface area contributed by atoms with Gasteiger partial charge in [0.05, 0.1) is 0 Å². The number of halogens is 2. The highest BCUT2D eigenvalue weighted by atomic mass is 35.5. The molecule has 0 atom stereocenters. The molecule has 0 saturated heterocycles. The van der Waals surface area contributed by atoms with Gasteiger partial charge in [-0.25, -0.2) is 0 Å². The van der Waals surface area contributed by atoms with Crippen molar-refractivity contribution in [3.63, 3.8) is 0 Å². The molecule has 0 saturated carbocycles. The summed E-state index contributed by atoms with van der Waals surface area (Å²) in [6, 6.07) is 0. The molecule has 0 aromatic carbocycles. The van der Waals surface area contributed by atoms with Gasteiger partial charge < -0.3 is 0 Å². The predicted molar refractivity (Wildman–Crippen MR) is 92.0 cm³/mol. The minimum Gasteiger partial charge on any atom is -0.276 e. The Bertz CT molecular complexity index is 332. The summed E-state index contributed by atoms with van der Waals surface area (Å²) in [7, 11) is 0. The van der Waals surface area contributed by atoms with E-state index in [1.807, 2.05) is 0 Å². The zero-order valence-electron chi connectivity index (χ0n) is 13.0. The molecule has 0 amide bonds. The number of unbranched alkanes of at least 4 members (excludes halogenated alkanes) is 9. The first-order valence-electron chi connectivity index (χ1n) is 8.13. The number of amidine groups is 1. The number of aliphatic imine (C=N–C) groups is 1. The maximum atomic E-state index is 5.85. The standard InChI is InChI=1S/C15H28Cl2N4/c1-2-3-4-5-6-7-8-9-10-11-12-18-15-13-14(16)19-21(17)20-15/h13,19H,2-12H2,1H3,(H,18,20). The second-order valence-electron chi connectivity index (χ2n) is 5.45. The van der Waals surface area contributed by atoms with Crippen molar-refractivity contribution in [2.45, 2.75) is 71.1 Å². The maximum absolute atomic E-state index is 5.85. The van der Waals surface area contributed by atoms with E-state index < -0.39 is 0 Å². The van der Waals surface area contributed by atoms with E-state index in [-0.39, 0.29) is 0 Å². The monoisotopic (exact) mass is 334 g/mol. The lowest BCUT2D eigenvalue weighted by Gasteiger charge is -2.21. The van der Waals surface area contributed by atoms with Gasteiger partial charge in [0, 0.05) is 24.4 Å². The van der Waals surface area contributed by atoms with Gasteiger partial charge in [-0.1, -0.05) is 76.3 Å². The van der Waals surface area contributed by atoms with E-state index in [1.54, 1.807) is 6.08 Å². The van der Waals surface area contributed by atoms with Crippen molar-refractivity contribution in [1.82, 2.24) is 15.5 Å². The Morgan fingerprint density at radius 2 is 1.52 bits per heavy atom. The van der Waals surface area contributed by atoms with Gasteiger partial charge in [0.2, 0.25) is 0 Å². The molecular weight excluding hydrogens is 307 g/mol. The molecule has 1 aliphatic heterocycles. The van der Waals surface area contributed by atoms with E-state index in [9.17, 15) is 0 Å². The van der Waals surface area contributed by atoms with E-state index in [1.165, 1.54) is 62.4 Å². The van der Waals surface area contributed by atoms with E-state index in [0.717, 1.165) is 13.0 Å². The summed E-state index contributed by atoms with van der Waals surface area (Å²) in [6.45, 7) is 3.07. The van der Waals surface area contributed by atoms with Gasteiger partial charge in [0.1, 0.15) is 11.0 Å². The molecule has 0 bridgehead atoms. The summed E-state index contributed by atoms with van der Waals surface area (Å²) < 4.78 is 1.18. The topological polar surface area (TPSA) is 39.7 Å². The third-order valence-corrected chi connectivity index (χ3v) is 3.84. The van der Waals surface area contributed by atoms with Gasteiger partial charge in [0.15, 0.2) is 0 Å². The lowest BCUT2D eigenvalue weighted by atomic mass is 10.1. The zero-order chi connectivity index (χ0) is 15.3. The molecule has 0 spiro atoms. The minimum absolute atomic E-state index is 0.463. The van der Waals surface area contributed by atoms with Crippen LogP contribution < -0.4 is 10.9 Å². The average Bonchev–Trinajstić information content (AvgIpc) is 2.44. The highest BCUT2D eigenvalue weighted by molar-refractivity contribution is 6.31. The maximum Gasteiger partial charge on any atom is 0.141 e. The molecule has 0 unspecified atom stereocenters. The molecule has 1 aliphatic rings. The van der Waals surface area contributed by atoms with Crippen LogP contribution in [0.5, 0.6) is 0 Å². The van der Waals surface area contributed by atoms with Crippen LogP contribution in [0.2, 0.25) is 0 Å². The second-order valence-corrected chi connectivity index (χ2v) is 6.19. The van der Waals surface area contributed by atoms with Crippen molar-refractivity contribution in [3.05, 3.63) is 11.2 Å². The van der Waals surface area contributed by atoms with Crippen LogP contribution in [0.1, 0.15) is 71.1 Å². The summed E-state index contributed by atoms with van der Waals surface area (Å²) in [5, 5.41) is 0.463. The molecule has 0 aromatic heterocycles. The molecule has 1 heterocycles. The smallest absolute Gasteiger partial charge is 0.141 e. The van der Waals surface area contributed by atoms with Crippen LogP contribution in [0.25, 0.3) is 0 Å². The lowest BCUT2D eigenvalue weighted by Crippen LogP contribution is -2.46. The first-order chi connectivity index (χ1) is 10.2. The van der Waals surface area contributed by atoms with Crippen LogP contribution in [-0.4, -0.2) is 17.0 Å². The molecule has 1 rings (SSSR count). The van der Waals surface area contributed by atoms with Gasteiger partial charge in [-0.15, -0.1) is 0 Å². The Hall–Kier alpha value is -0.450. The molecule has 2 N–H and O–H groups in total. The zero-order valence-corrected chi connectivity index (χ0v) is 14.5. The second kappa shape index (κ2) is 12.1. The molecular formula is C15H28Cl2N4. The van der Waals surface area contributed by atoms with Crippen LogP contribution in [0.3, 0.4) is 0 Å². The summed E-state index contributed by atoms with van der Waals surface area (Å²) >= 11 is 11.6. The molecule has 0 fully saturated rings. The first kappa shape index (κ1) is 18.6. The third-order valence-electron chi connectivity index (χ3n) is 3.47. The number of hydrazine groups is 2. The number of nitrogens with zero attached hydrogens (tertiary/aromatic N) is 2. The highest BCUT2D eigenvalue weighted by Crippen LogP contribution is 2.10.